The molecule has 0 radical (unpaired) electrons. The van der Waals surface area contributed by atoms with Gasteiger partial charge in [-0.1, -0.05) is 17.7 Å². The molecule has 5 rings (SSSR count). The van der Waals surface area contributed by atoms with E-state index in [0.717, 1.165) is 24.4 Å². The highest BCUT2D eigenvalue weighted by Gasteiger charge is 2.38. The lowest BCUT2D eigenvalue weighted by atomic mass is 9.95. The predicted octanol–water partition coefficient (Wildman–Crippen LogP) is 2.45. The van der Waals surface area contributed by atoms with Gasteiger partial charge in [0.2, 0.25) is 11.9 Å². The summed E-state index contributed by atoms with van der Waals surface area (Å²) in [5, 5.41) is 7.23. The number of rotatable bonds is 5. The zero-order chi connectivity index (χ0) is 24.0. The van der Waals surface area contributed by atoms with Crippen molar-refractivity contribution in [3.8, 4) is 0 Å². The van der Waals surface area contributed by atoms with Gasteiger partial charge >= 0.3 is 0 Å². The van der Waals surface area contributed by atoms with Crippen molar-refractivity contribution in [1.29, 1.82) is 0 Å². The fourth-order valence-corrected chi connectivity index (χ4v) is 5.11. The standard InChI is InChI=1S/C24H31ClN8O/c1-15-11-32(12-16(2)28-15)23-27-9-18(25)21(29-23)31-13-17(14-31)22(34)30-24(3,4)19-10-26-20-7-5-6-8-33(19)20/h5-10,15-17,28H,11-14H2,1-4H3,(H,30,34)/t15-,16-/m1/s1. The van der Waals surface area contributed by atoms with Crippen molar-refractivity contribution in [3.05, 3.63) is 47.5 Å². The number of hydrogen-bond donors (Lipinski definition) is 2. The van der Waals surface area contributed by atoms with Gasteiger partial charge in [0.25, 0.3) is 0 Å². The molecule has 3 aromatic heterocycles. The molecule has 2 atom stereocenters. The summed E-state index contributed by atoms with van der Waals surface area (Å²) in [5.41, 5.74) is 1.24. The van der Waals surface area contributed by atoms with Crippen molar-refractivity contribution < 1.29 is 4.79 Å². The third-order valence-electron chi connectivity index (χ3n) is 6.60. The lowest BCUT2D eigenvalue weighted by molar-refractivity contribution is -0.127. The summed E-state index contributed by atoms with van der Waals surface area (Å²) >= 11 is 6.45. The fraction of sp³-hybridized carbons (Fsp3) is 0.500. The van der Waals surface area contributed by atoms with Crippen LogP contribution in [0.25, 0.3) is 5.65 Å². The molecular formula is C24H31ClN8O. The monoisotopic (exact) mass is 482 g/mol. The van der Waals surface area contributed by atoms with Gasteiger partial charge in [-0.25, -0.2) is 9.97 Å². The third kappa shape index (κ3) is 4.30. The smallest absolute Gasteiger partial charge is 0.227 e. The molecule has 0 aromatic carbocycles. The van der Waals surface area contributed by atoms with E-state index >= 15 is 0 Å². The van der Waals surface area contributed by atoms with E-state index < -0.39 is 5.54 Å². The number of imidazole rings is 1. The Bertz CT molecular complexity index is 1190. The molecule has 2 aliphatic rings. The second kappa shape index (κ2) is 8.70. The van der Waals surface area contributed by atoms with Gasteiger partial charge in [-0.15, -0.1) is 0 Å². The van der Waals surface area contributed by atoms with E-state index in [4.69, 9.17) is 16.6 Å². The van der Waals surface area contributed by atoms with Crippen LogP contribution in [-0.2, 0) is 10.3 Å². The molecule has 2 aliphatic heterocycles. The van der Waals surface area contributed by atoms with Crippen LogP contribution in [0.3, 0.4) is 0 Å². The maximum Gasteiger partial charge on any atom is 0.227 e. The quantitative estimate of drug-likeness (QED) is 0.577. The number of nitrogens with zero attached hydrogens (tertiary/aromatic N) is 6. The van der Waals surface area contributed by atoms with E-state index in [9.17, 15) is 4.79 Å². The lowest BCUT2D eigenvalue weighted by Crippen LogP contribution is -2.57. The number of nitrogens with one attached hydrogen (secondary N) is 2. The topological polar surface area (TPSA) is 90.7 Å². The third-order valence-corrected chi connectivity index (χ3v) is 6.86. The number of halogens is 1. The van der Waals surface area contributed by atoms with Crippen LogP contribution in [-0.4, -0.2) is 63.5 Å². The van der Waals surface area contributed by atoms with Crippen molar-refractivity contribution in [2.24, 2.45) is 5.92 Å². The van der Waals surface area contributed by atoms with Crippen LogP contribution in [0.4, 0.5) is 11.8 Å². The second-order valence-corrected chi connectivity index (χ2v) is 10.4. The molecule has 0 spiro atoms. The number of amides is 1. The normalized spacial score (nSPS) is 21.6. The molecule has 180 valence electrons. The molecule has 2 fully saturated rings. The SMILES string of the molecule is C[C@@H]1CN(c2ncc(Cl)c(N3CC(C(=O)NC(C)(C)c4cnc5ccccn45)C3)n2)C[C@@H](C)N1. The van der Waals surface area contributed by atoms with E-state index in [1.807, 2.05) is 53.7 Å². The van der Waals surface area contributed by atoms with Gasteiger partial charge in [-0.2, -0.15) is 4.98 Å². The number of piperazine rings is 1. The van der Waals surface area contributed by atoms with Crippen LogP contribution in [0.2, 0.25) is 5.02 Å². The Morgan fingerprint density at radius 3 is 2.56 bits per heavy atom. The molecular weight excluding hydrogens is 452 g/mol. The zero-order valence-electron chi connectivity index (χ0n) is 20.0. The molecule has 3 aromatic rings. The molecule has 9 nitrogen and oxygen atoms in total. The number of aromatic nitrogens is 4. The first-order chi connectivity index (χ1) is 16.2. The summed E-state index contributed by atoms with van der Waals surface area (Å²) < 4.78 is 2.01. The summed E-state index contributed by atoms with van der Waals surface area (Å²) in [7, 11) is 0. The number of hydrogen-bond acceptors (Lipinski definition) is 7. The molecule has 5 heterocycles. The minimum atomic E-state index is -0.562. The van der Waals surface area contributed by atoms with Gasteiger partial charge in [0.05, 0.1) is 29.5 Å². The summed E-state index contributed by atoms with van der Waals surface area (Å²) in [5.74, 6) is 1.26. The number of carbonyl (C=O) groups excluding carboxylic acids is 1. The molecule has 34 heavy (non-hydrogen) atoms. The maximum absolute atomic E-state index is 13.1. The molecule has 2 saturated heterocycles. The Morgan fingerprint density at radius 2 is 1.82 bits per heavy atom. The van der Waals surface area contributed by atoms with Crippen LogP contribution < -0.4 is 20.4 Å². The summed E-state index contributed by atoms with van der Waals surface area (Å²) in [6.45, 7) is 11.1. The van der Waals surface area contributed by atoms with Crippen molar-refractivity contribution in [1.82, 2.24) is 30.0 Å². The van der Waals surface area contributed by atoms with Crippen LogP contribution in [0.15, 0.2) is 36.8 Å². The highest BCUT2D eigenvalue weighted by Crippen LogP contribution is 2.32. The summed E-state index contributed by atoms with van der Waals surface area (Å²) in [4.78, 5) is 31.0. The van der Waals surface area contributed by atoms with Gasteiger partial charge in [0.1, 0.15) is 10.7 Å². The van der Waals surface area contributed by atoms with Crippen molar-refractivity contribution in [2.45, 2.75) is 45.3 Å². The van der Waals surface area contributed by atoms with Crippen molar-refractivity contribution in [2.75, 3.05) is 36.0 Å². The highest BCUT2D eigenvalue weighted by molar-refractivity contribution is 6.32. The van der Waals surface area contributed by atoms with E-state index in [1.165, 1.54) is 0 Å². The maximum atomic E-state index is 13.1. The largest absolute Gasteiger partial charge is 0.353 e. The Kier molecular flexibility index (Phi) is 5.85. The Balaban J connectivity index is 1.25. The Labute approximate surface area is 204 Å². The number of fused-ring (bicyclic) bond motifs is 1. The minimum Gasteiger partial charge on any atom is -0.353 e. The summed E-state index contributed by atoms with van der Waals surface area (Å²) in [6, 6.07) is 6.58. The van der Waals surface area contributed by atoms with Gasteiger partial charge in [-0.05, 0) is 39.8 Å². The first-order valence-corrected chi connectivity index (χ1v) is 12.1. The molecule has 2 N–H and O–H groups in total. The van der Waals surface area contributed by atoms with Crippen LogP contribution >= 0.6 is 11.6 Å². The second-order valence-electron chi connectivity index (χ2n) is 10.0. The van der Waals surface area contributed by atoms with Gasteiger partial charge in [-0.3, -0.25) is 4.79 Å². The minimum absolute atomic E-state index is 0.0160. The number of anilines is 2. The molecule has 0 unspecified atom stereocenters. The molecule has 10 heteroatoms. The fourth-order valence-electron chi connectivity index (χ4n) is 4.90. The zero-order valence-corrected chi connectivity index (χ0v) is 20.8. The van der Waals surface area contributed by atoms with E-state index in [1.54, 1.807) is 6.20 Å². The first kappa shape index (κ1) is 22.9. The van der Waals surface area contributed by atoms with E-state index in [-0.39, 0.29) is 11.8 Å². The molecule has 0 bridgehead atoms. The van der Waals surface area contributed by atoms with E-state index in [0.29, 0.717) is 42.0 Å². The van der Waals surface area contributed by atoms with Gasteiger partial charge in [0.15, 0.2) is 5.82 Å². The van der Waals surface area contributed by atoms with E-state index in [2.05, 4.69) is 39.3 Å². The van der Waals surface area contributed by atoms with Crippen LogP contribution in [0.1, 0.15) is 33.4 Å². The lowest BCUT2D eigenvalue weighted by Gasteiger charge is -2.41. The van der Waals surface area contributed by atoms with Gasteiger partial charge < -0.3 is 24.8 Å². The first-order valence-electron chi connectivity index (χ1n) is 11.7. The van der Waals surface area contributed by atoms with Gasteiger partial charge in [0, 0.05) is 44.5 Å². The predicted molar refractivity (Wildman–Crippen MR) is 133 cm³/mol. The van der Waals surface area contributed by atoms with Crippen LogP contribution in [0, 0.1) is 5.92 Å². The number of carbonyl (C=O) groups is 1. The Morgan fingerprint density at radius 1 is 1.09 bits per heavy atom. The van der Waals surface area contributed by atoms with Crippen molar-refractivity contribution >= 4 is 34.9 Å². The average molecular weight is 483 g/mol. The number of pyridine rings is 1. The molecule has 0 aliphatic carbocycles. The highest BCUT2D eigenvalue weighted by atomic mass is 35.5. The molecule has 1 amide bonds. The van der Waals surface area contributed by atoms with Crippen molar-refractivity contribution in [3.63, 3.8) is 0 Å². The Hall–Kier alpha value is -2.91. The van der Waals surface area contributed by atoms with Crippen LogP contribution in [0.5, 0.6) is 0 Å². The summed E-state index contributed by atoms with van der Waals surface area (Å²) in [6.07, 6.45) is 5.45. The average Bonchev–Trinajstić information content (AvgIpc) is 3.18. The molecule has 0 saturated carbocycles.